The van der Waals surface area contributed by atoms with Crippen molar-refractivity contribution in [3.8, 4) is 0 Å². The molecule has 0 unspecified atom stereocenters. The number of para-hydroxylation sites is 1. The number of nitrogens with zero attached hydrogens (tertiary/aromatic N) is 2. The summed E-state index contributed by atoms with van der Waals surface area (Å²) in [6.45, 7) is 0.525. The maximum atomic E-state index is 13.3. The summed E-state index contributed by atoms with van der Waals surface area (Å²) in [6.07, 6.45) is 4.30. The molecule has 0 saturated heterocycles. The normalized spacial score (nSPS) is 15.2. The minimum atomic E-state index is -3.54. The van der Waals surface area contributed by atoms with Crippen molar-refractivity contribution in [1.82, 2.24) is 9.29 Å². The molecule has 0 N–H and O–H groups in total. The van der Waals surface area contributed by atoms with Gasteiger partial charge in [-0.3, -0.25) is 4.98 Å². The smallest absolute Gasteiger partial charge is 0.245 e. The van der Waals surface area contributed by atoms with Crippen LogP contribution in [0, 0.1) is 0 Å². The van der Waals surface area contributed by atoms with E-state index in [4.69, 9.17) is 0 Å². The van der Waals surface area contributed by atoms with Gasteiger partial charge >= 0.3 is 0 Å². The molecule has 3 aromatic rings. The van der Waals surface area contributed by atoms with E-state index in [-0.39, 0.29) is 6.04 Å². The molecule has 0 spiro atoms. The quantitative estimate of drug-likeness (QED) is 0.675. The molecule has 1 saturated carbocycles. The molecule has 1 aliphatic rings. The van der Waals surface area contributed by atoms with E-state index in [9.17, 15) is 8.42 Å². The van der Waals surface area contributed by atoms with Crippen molar-refractivity contribution >= 4 is 32.3 Å². The van der Waals surface area contributed by atoms with Crippen LogP contribution in [0.5, 0.6) is 0 Å². The van der Waals surface area contributed by atoms with Gasteiger partial charge in [0.15, 0.2) is 0 Å². The van der Waals surface area contributed by atoms with Crippen LogP contribution < -0.4 is 0 Å². The van der Waals surface area contributed by atoms with Gasteiger partial charge in [0.25, 0.3) is 0 Å². The fourth-order valence-electron chi connectivity index (χ4n) is 2.95. The molecular weight excluding hydrogens is 340 g/mol. The lowest BCUT2D eigenvalue weighted by Gasteiger charge is -2.22. The highest BCUT2D eigenvalue weighted by atomic mass is 32.2. The monoisotopic (exact) mass is 358 g/mol. The maximum absolute atomic E-state index is 13.3. The van der Waals surface area contributed by atoms with Gasteiger partial charge in [-0.05, 0) is 42.8 Å². The predicted molar refractivity (Wildman–Crippen MR) is 96.7 cm³/mol. The molecule has 1 aliphatic carbocycles. The molecule has 6 heteroatoms. The second-order valence-electron chi connectivity index (χ2n) is 6.01. The molecule has 24 heavy (non-hydrogen) atoms. The Labute approximate surface area is 145 Å². The summed E-state index contributed by atoms with van der Waals surface area (Å²) in [5, 5.41) is 2.88. The third kappa shape index (κ3) is 2.97. The number of benzene rings is 1. The van der Waals surface area contributed by atoms with Crippen molar-refractivity contribution in [3.05, 3.63) is 58.9 Å². The first-order valence-corrected chi connectivity index (χ1v) is 10.4. The van der Waals surface area contributed by atoms with Crippen LogP contribution in [0.2, 0.25) is 0 Å². The Morgan fingerprint density at radius 1 is 1.12 bits per heavy atom. The number of fused-ring (bicyclic) bond motifs is 1. The summed E-state index contributed by atoms with van der Waals surface area (Å²) in [6, 6.07) is 13.3. The molecule has 4 rings (SSSR count). The highest BCUT2D eigenvalue weighted by molar-refractivity contribution is 7.89. The van der Waals surface area contributed by atoms with Gasteiger partial charge in [0.1, 0.15) is 4.90 Å². The Morgan fingerprint density at radius 3 is 2.71 bits per heavy atom. The van der Waals surface area contributed by atoms with Crippen molar-refractivity contribution < 1.29 is 8.42 Å². The molecule has 0 atom stereocenters. The van der Waals surface area contributed by atoms with Gasteiger partial charge in [-0.25, -0.2) is 8.42 Å². The van der Waals surface area contributed by atoms with E-state index in [0.717, 1.165) is 24.6 Å². The molecular formula is C18H18N2O2S2. The largest absolute Gasteiger partial charge is 0.255 e. The van der Waals surface area contributed by atoms with E-state index in [1.165, 1.54) is 4.88 Å². The van der Waals surface area contributed by atoms with E-state index in [2.05, 4.69) is 11.1 Å². The van der Waals surface area contributed by atoms with Crippen molar-refractivity contribution in [3.63, 3.8) is 0 Å². The van der Waals surface area contributed by atoms with Crippen molar-refractivity contribution in [1.29, 1.82) is 0 Å². The van der Waals surface area contributed by atoms with E-state index in [0.29, 0.717) is 17.0 Å². The van der Waals surface area contributed by atoms with E-state index < -0.39 is 10.0 Å². The number of thiophene rings is 1. The lowest BCUT2D eigenvalue weighted by molar-refractivity contribution is 0.408. The summed E-state index contributed by atoms with van der Waals surface area (Å²) >= 11 is 1.67. The lowest BCUT2D eigenvalue weighted by atomic mass is 10.2. The van der Waals surface area contributed by atoms with Gasteiger partial charge in [-0.2, -0.15) is 4.31 Å². The summed E-state index contributed by atoms with van der Waals surface area (Å²) in [4.78, 5) is 5.85. The van der Waals surface area contributed by atoms with Crippen LogP contribution in [0.3, 0.4) is 0 Å². The molecule has 4 nitrogen and oxygen atoms in total. The van der Waals surface area contributed by atoms with Crippen molar-refractivity contribution in [2.24, 2.45) is 0 Å². The molecule has 0 bridgehead atoms. The SMILES string of the molecule is O=S(=O)(c1cccc2cccnc12)N(CCc1cccs1)C1CC1. The van der Waals surface area contributed by atoms with Crippen LogP contribution in [0.15, 0.2) is 58.9 Å². The number of hydrogen-bond acceptors (Lipinski definition) is 4. The topological polar surface area (TPSA) is 50.3 Å². The number of rotatable bonds is 6. The third-order valence-corrected chi connectivity index (χ3v) is 7.21. The zero-order valence-electron chi connectivity index (χ0n) is 13.1. The fraction of sp³-hybridized carbons (Fsp3) is 0.278. The molecule has 1 aromatic carbocycles. The minimum Gasteiger partial charge on any atom is -0.255 e. The van der Waals surface area contributed by atoms with E-state index in [1.807, 2.05) is 29.6 Å². The molecule has 2 heterocycles. The maximum Gasteiger partial charge on any atom is 0.245 e. The summed E-state index contributed by atoms with van der Waals surface area (Å²) < 4.78 is 28.2. The predicted octanol–water partition coefficient (Wildman–Crippen LogP) is 3.69. The average Bonchev–Trinajstić information content (AvgIpc) is 3.29. The highest BCUT2D eigenvalue weighted by Crippen LogP contribution is 2.34. The van der Waals surface area contributed by atoms with Gasteiger partial charge in [0.05, 0.1) is 5.52 Å². The van der Waals surface area contributed by atoms with Crippen molar-refractivity contribution in [2.75, 3.05) is 6.54 Å². The molecule has 0 radical (unpaired) electrons. The number of sulfonamides is 1. The Kier molecular flexibility index (Phi) is 4.12. The van der Waals surface area contributed by atoms with Crippen LogP contribution in [-0.4, -0.2) is 30.3 Å². The van der Waals surface area contributed by atoms with Crippen LogP contribution in [0.1, 0.15) is 17.7 Å². The van der Waals surface area contributed by atoms with Gasteiger partial charge in [0, 0.05) is 29.0 Å². The van der Waals surface area contributed by atoms with E-state index in [1.54, 1.807) is 34.0 Å². The van der Waals surface area contributed by atoms with Gasteiger partial charge in [0.2, 0.25) is 10.0 Å². The Balaban J connectivity index is 1.70. The second kappa shape index (κ2) is 6.27. The minimum absolute atomic E-state index is 0.133. The molecule has 0 aliphatic heterocycles. The van der Waals surface area contributed by atoms with Crippen molar-refractivity contribution in [2.45, 2.75) is 30.2 Å². The Morgan fingerprint density at radius 2 is 1.96 bits per heavy atom. The van der Waals surface area contributed by atoms with E-state index >= 15 is 0 Å². The van der Waals surface area contributed by atoms with Crippen LogP contribution >= 0.6 is 11.3 Å². The standard InChI is InChI=1S/C18H18N2O2S2/c21-24(22,17-7-1-4-14-5-2-11-19-18(14)17)20(15-8-9-15)12-10-16-6-3-13-23-16/h1-7,11,13,15H,8-10,12H2. The molecule has 2 aromatic heterocycles. The van der Waals surface area contributed by atoms with Gasteiger partial charge in [-0.15, -0.1) is 11.3 Å². The zero-order valence-corrected chi connectivity index (χ0v) is 14.8. The molecule has 124 valence electrons. The Hall–Kier alpha value is -1.76. The molecule has 1 fully saturated rings. The number of pyridine rings is 1. The Bertz CT molecular complexity index is 943. The fourth-order valence-corrected chi connectivity index (χ4v) is 5.50. The second-order valence-corrected chi connectivity index (χ2v) is 8.90. The lowest BCUT2D eigenvalue weighted by Crippen LogP contribution is -2.35. The number of aromatic nitrogens is 1. The van der Waals surface area contributed by atoms with Crippen LogP contribution in [0.25, 0.3) is 10.9 Å². The summed E-state index contributed by atoms with van der Waals surface area (Å²) in [7, 11) is -3.54. The van der Waals surface area contributed by atoms with Gasteiger partial charge < -0.3 is 0 Å². The number of hydrogen-bond donors (Lipinski definition) is 0. The third-order valence-electron chi connectivity index (χ3n) is 4.30. The van der Waals surface area contributed by atoms with Crippen LogP contribution in [0.4, 0.5) is 0 Å². The average molecular weight is 358 g/mol. The van der Waals surface area contributed by atoms with Gasteiger partial charge in [-0.1, -0.05) is 24.3 Å². The first kappa shape index (κ1) is 15.7. The molecule has 0 amide bonds. The summed E-state index contributed by atoms with van der Waals surface area (Å²) in [5.74, 6) is 0. The van der Waals surface area contributed by atoms with Crippen LogP contribution in [-0.2, 0) is 16.4 Å². The zero-order chi connectivity index (χ0) is 16.6. The summed E-state index contributed by atoms with van der Waals surface area (Å²) in [5.41, 5.74) is 0.557. The first-order chi connectivity index (χ1) is 11.7. The first-order valence-electron chi connectivity index (χ1n) is 8.04. The highest BCUT2D eigenvalue weighted by Gasteiger charge is 2.38.